The summed E-state index contributed by atoms with van der Waals surface area (Å²) < 4.78 is 61.8. The highest BCUT2D eigenvalue weighted by molar-refractivity contribution is 7.86. The molecule has 1 saturated heterocycles. The summed E-state index contributed by atoms with van der Waals surface area (Å²) in [6.45, 7) is 0.00859. The van der Waals surface area contributed by atoms with Crippen LogP contribution in [-0.4, -0.2) is 57.9 Å². The summed E-state index contributed by atoms with van der Waals surface area (Å²) >= 11 is 0. The third-order valence-electron chi connectivity index (χ3n) is 6.02. The van der Waals surface area contributed by atoms with Crippen molar-refractivity contribution in [3.8, 4) is 0 Å². The first kappa shape index (κ1) is 26.0. The van der Waals surface area contributed by atoms with Crippen molar-refractivity contribution in [2.45, 2.75) is 55.7 Å². The van der Waals surface area contributed by atoms with E-state index in [1.807, 2.05) is 60.7 Å². The number of ether oxygens (including phenoxy) is 4. The van der Waals surface area contributed by atoms with Crippen LogP contribution >= 0.6 is 0 Å². The second-order valence-corrected chi connectivity index (χ2v) is 10.3. The van der Waals surface area contributed by atoms with E-state index in [0.29, 0.717) is 5.56 Å². The third-order valence-corrected chi connectivity index (χ3v) is 7.32. The molecule has 9 heteroatoms. The molecule has 0 amide bonds. The Hall–Kier alpha value is -2.63. The summed E-state index contributed by atoms with van der Waals surface area (Å²) in [5, 5.41) is 11.2. The third kappa shape index (κ3) is 7.24. The van der Waals surface area contributed by atoms with Crippen LogP contribution < -0.4 is 0 Å². The number of methoxy groups -OCH3 is 1. The zero-order chi connectivity index (χ0) is 27.0. The van der Waals surface area contributed by atoms with Crippen LogP contribution in [0.3, 0.4) is 0 Å². The fourth-order valence-electron chi connectivity index (χ4n) is 4.00. The zero-order valence-corrected chi connectivity index (χ0v) is 21.3. The molecule has 1 N–H and O–H groups in total. The zero-order valence-electron chi connectivity index (χ0n) is 21.5. The molecule has 1 aliphatic heterocycles. The maximum Gasteiger partial charge on any atom is 0.297 e. The van der Waals surface area contributed by atoms with Gasteiger partial charge < -0.3 is 24.1 Å². The second kappa shape index (κ2) is 12.7. The number of aryl methyl sites for hydroxylation is 1. The van der Waals surface area contributed by atoms with Crippen molar-refractivity contribution in [2.24, 2.45) is 0 Å². The molecule has 4 rings (SSSR count). The Morgan fingerprint density at radius 3 is 1.97 bits per heavy atom. The lowest BCUT2D eigenvalue weighted by molar-refractivity contribution is -0.312. The molecule has 0 saturated carbocycles. The highest BCUT2D eigenvalue weighted by Crippen LogP contribution is 2.29. The van der Waals surface area contributed by atoms with Gasteiger partial charge in [0.25, 0.3) is 10.1 Å². The Labute approximate surface area is 219 Å². The van der Waals surface area contributed by atoms with Gasteiger partial charge >= 0.3 is 0 Å². The van der Waals surface area contributed by atoms with E-state index in [4.69, 9.17) is 24.5 Å². The van der Waals surface area contributed by atoms with Gasteiger partial charge in [0.15, 0.2) is 6.29 Å². The van der Waals surface area contributed by atoms with E-state index in [2.05, 4.69) is 0 Å². The average molecular weight is 530 g/mol. The van der Waals surface area contributed by atoms with Gasteiger partial charge in [-0.1, -0.05) is 78.4 Å². The Balaban J connectivity index is 1.49. The molecule has 37 heavy (non-hydrogen) atoms. The summed E-state index contributed by atoms with van der Waals surface area (Å²) in [6, 6.07) is 24.9. The smallest absolute Gasteiger partial charge is 0.297 e. The van der Waals surface area contributed by atoms with Gasteiger partial charge in [0, 0.05) is 8.48 Å². The van der Waals surface area contributed by atoms with E-state index in [-0.39, 0.29) is 25.0 Å². The molecule has 3 aromatic carbocycles. The van der Waals surface area contributed by atoms with Crippen molar-refractivity contribution in [2.75, 3.05) is 13.7 Å². The maximum absolute atomic E-state index is 12.8. The average Bonchev–Trinajstić information content (AvgIpc) is 2.96. The second-order valence-electron chi connectivity index (χ2n) is 8.67. The molecular weight excluding hydrogens is 496 g/mol. The lowest BCUT2D eigenvalue weighted by Gasteiger charge is -2.43. The van der Waals surface area contributed by atoms with Crippen LogP contribution in [0.25, 0.3) is 0 Å². The fourth-order valence-corrected chi connectivity index (χ4v) is 4.92. The minimum atomic E-state index is -4.13. The van der Waals surface area contributed by atoms with Gasteiger partial charge in [0.1, 0.15) is 24.4 Å². The standard InChI is InChI=1S/C28H32O8S/c1-20-13-15-23(16-14-20)37(30,31)35-19-24-25(29)26(33-17-21-9-5-3-6-10-21)27(28(32-2)36-24)34-18-22-11-7-4-8-12-22/h3-16,24-29H,17-19H2,1-2H3/t24-,25-,26+,27-,28?/m1/s1/i1D. The van der Waals surface area contributed by atoms with Crippen molar-refractivity contribution < 1.29 is 38.0 Å². The lowest BCUT2D eigenvalue weighted by atomic mass is 9.98. The van der Waals surface area contributed by atoms with Crippen molar-refractivity contribution in [1.82, 2.24) is 0 Å². The summed E-state index contributed by atoms with van der Waals surface area (Å²) in [5.74, 6) is 0. The van der Waals surface area contributed by atoms with Gasteiger partial charge in [-0.25, -0.2) is 0 Å². The van der Waals surface area contributed by atoms with E-state index >= 15 is 0 Å². The van der Waals surface area contributed by atoms with Crippen LogP contribution in [0, 0.1) is 6.90 Å². The van der Waals surface area contributed by atoms with Crippen LogP contribution in [0.5, 0.6) is 0 Å². The van der Waals surface area contributed by atoms with Crippen LogP contribution in [-0.2, 0) is 46.5 Å². The first-order valence-corrected chi connectivity index (χ1v) is 13.3. The van der Waals surface area contributed by atoms with Crippen molar-refractivity contribution in [1.29, 1.82) is 0 Å². The van der Waals surface area contributed by atoms with Crippen LogP contribution in [0.4, 0.5) is 0 Å². The fraction of sp³-hybridized carbons (Fsp3) is 0.357. The highest BCUT2D eigenvalue weighted by Gasteiger charge is 2.47. The number of hydrogen-bond acceptors (Lipinski definition) is 8. The van der Waals surface area contributed by atoms with Crippen molar-refractivity contribution in [3.05, 3.63) is 102 Å². The topological polar surface area (TPSA) is 101 Å². The van der Waals surface area contributed by atoms with Crippen molar-refractivity contribution in [3.63, 3.8) is 0 Å². The monoisotopic (exact) mass is 529 g/mol. The molecule has 0 aliphatic carbocycles. The predicted molar refractivity (Wildman–Crippen MR) is 136 cm³/mol. The molecule has 1 fully saturated rings. The van der Waals surface area contributed by atoms with E-state index in [9.17, 15) is 13.5 Å². The molecule has 1 aliphatic rings. The molecule has 1 heterocycles. The molecule has 0 aromatic heterocycles. The largest absolute Gasteiger partial charge is 0.387 e. The molecule has 0 radical (unpaired) electrons. The van der Waals surface area contributed by atoms with E-state index in [0.717, 1.165) is 11.1 Å². The molecule has 5 atom stereocenters. The van der Waals surface area contributed by atoms with Gasteiger partial charge in [-0.15, -0.1) is 0 Å². The van der Waals surface area contributed by atoms with Gasteiger partial charge in [0.2, 0.25) is 0 Å². The van der Waals surface area contributed by atoms with Crippen molar-refractivity contribution >= 4 is 10.1 Å². The Morgan fingerprint density at radius 2 is 1.43 bits per heavy atom. The van der Waals surface area contributed by atoms with E-state index in [1.54, 1.807) is 12.1 Å². The number of benzene rings is 3. The first-order valence-electron chi connectivity index (χ1n) is 12.6. The molecule has 0 spiro atoms. The molecule has 3 aromatic rings. The molecular formula is C28H32O8S. The quantitative estimate of drug-likeness (QED) is 0.376. The van der Waals surface area contributed by atoms with E-state index in [1.165, 1.54) is 19.2 Å². The Bertz CT molecular complexity index is 1220. The van der Waals surface area contributed by atoms with Gasteiger partial charge in [-0.3, -0.25) is 4.18 Å². The molecule has 1 unspecified atom stereocenters. The summed E-state index contributed by atoms with van der Waals surface area (Å²) in [7, 11) is -2.69. The number of aliphatic hydroxyl groups excluding tert-OH is 1. The Kier molecular flexibility index (Phi) is 8.96. The van der Waals surface area contributed by atoms with Crippen LogP contribution in [0.15, 0.2) is 89.8 Å². The maximum atomic E-state index is 12.8. The van der Waals surface area contributed by atoms with Gasteiger partial charge in [-0.05, 0) is 30.2 Å². The van der Waals surface area contributed by atoms with Crippen LogP contribution in [0.1, 0.15) is 18.1 Å². The van der Waals surface area contributed by atoms with Gasteiger partial charge in [0.05, 0.1) is 24.7 Å². The number of rotatable bonds is 11. The minimum Gasteiger partial charge on any atom is -0.387 e. The normalized spacial score (nSPS) is 24.5. The highest BCUT2D eigenvalue weighted by atomic mass is 32.2. The number of hydrogen-bond donors (Lipinski definition) is 1. The first-order chi connectivity index (χ1) is 18.4. The minimum absolute atomic E-state index is 0.0412. The Morgan fingerprint density at radius 1 is 0.865 bits per heavy atom. The molecule has 198 valence electrons. The lowest BCUT2D eigenvalue weighted by Crippen LogP contribution is -2.60. The summed E-state index contributed by atoms with van der Waals surface area (Å²) in [5.41, 5.74) is 2.50. The SMILES string of the molecule is [2H]Cc1ccc(S(=O)(=O)OC[C@H]2OC(OC)[C@H](OCc3ccccc3)[C@@H](OCc3ccccc3)[C@@H]2O)cc1. The molecule has 8 nitrogen and oxygen atoms in total. The predicted octanol–water partition coefficient (Wildman–Crippen LogP) is 3.60. The van der Waals surface area contributed by atoms with E-state index < -0.39 is 47.4 Å². The number of aliphatic hydroxyl groups is 1. The summed E-state index contributed by atoms with van der Waals surface area (Å²) in [4.78, 5) is -0.0516. The molecule has 0 bridgehead atoms. The van der Waals surface area contributed by atoms with Crippen LogP contribution in [0.2, 0.25) is 0 Å². The summed E-state index contributed by atoms with van der Waals surface area (Å²) in [6.07, 6.45) is -4.99. The van der Waals surface area contributed by atoms with Gasteiger partial charge in [-0.2, -0.15) is 8.42 Å².